The van der Waals surface area contributed by atoms with Gasteiger partial charge in [-0.05, 0) is 25.0 Å². The Balaban J connectivity index is 2.17. The number of rotatable bonds is 3. The predicted molar refractivity (Wildman–Crippen MR) is 66.7 cm³/mol. The molecule has 0 saturated carbocycles. The lowest BCUT2D eigenvalue weighted by Gasteiger charge is -2.11. The van der Waals surface area contributed by atoms with Gasteiger partial charge in [0.1, 0.15) is 0 Å². The summed E-state index contributed by atoms with van der Waals surface area (Å²) < 4.78 is 0. The van der Waals surface area contributed by atoms with E-state index in [9.17, 15) is 0 Å². The number of thiazole rings is 1. The fourth-order valence-electron chi connectivity index (χ4n) is 1.57. The molecule has 1 unspecified atom stereocenters. The fraction of sp³-hybridized carbons (Fsp3) is 0.273. The molecule has 1 atom stereocenters. The van der Waals surface area contributed by atoms with E-state index in [1.807, 2.05) is 18.5 Å². The molecule has 2 N–H and O–H groups in total. The van der Waals surface area contributed by atoms with Gasteiger partial charge in [0.15, 0.2) is 0 Å². The second kappa shape index (κ2) is 4.91. The predicted octanol–water partition coefficient (Wildman–Crippen LogP) is 2.74. The van der Waals surface area contributed by atoms with Crippen LogP contribution in [0, 0.1) is 6.92 Å². The van der Waals surface area contributed by atoms with Gasteiger partial charge >= 0.3 is 0 Å². The van der Waals surface area contributed by atoms with Gasteiger partial charge in [-0.3, -0.25) is 4.98 Å². The third-order valence-electron chi connectivity index (χ3n) is 2.42. The molecule has 0 fully saturated rings. The lowest BCUT2D eigenvalue weighted by atomic mass is 10.1. The summed E-state index contributed by atoms with van der Waals surface area (Å²) in [4.78, 5) is 9.26. The molecule has 0 amide bonds. The summed E-state index contributed by atoms with van der Waals surface area (Å²) in [5.74, 6) is 0. The lowest BCUT2D eigenvalue weighted by Crippen LogP contribution is -2.13. The van der Waals surface area contributed by atoms with Crippen LogP contribution in [0.1, 0.15) is 22.2 Å². The van der Waals surface area contributed by atoms with Crippen molar-refractivity contribution in [1.29, 1.82) is 0 Å². The van der Waals surface area contributed by atoms with Crippen LogP contribution in [0.3, 0.4) is 0 Å². The maximum Gasteiger partial charge on any atom is 0.0798 e. The van der Waals surface area contributed by atoms with E-state index in [1.165, 1.54) is 0 Å². The van der Waals surface area contributed by atoms with Crippen molar-refractivity contribution >= 4 is 22.9 Å². The van der Waals surface area contributed by atoms with Crippen LogP contribution in [0.25, 0.3) is 0 Å². The molecule has 0 aliphatic carbocycles. The molecule has 0 aliphatic heterocycles. The Bertz CT molecular complexity index is 484. The third-order valence-corrected chi connectivity index (χ3v) is 3.82. The summed E-state index contributed by atoms with van der Waals surface area (Å²) >= 11 is 7.63. The van der Waals surface area contributed by atoms with Crippen molar-refractivity contribution < 1.29 is 0 Å². The molecular weight excluding hydrogens is 242 g/mol. The summed E-state index contributed by atoms with van der Waals surface area (Å²) in [5, 5.41) is 0.667. The second-order valence-electron chi connectivity index (χ2n) is 3.58. The Morgan fingerprint density at radius 3 is 3.00 bits per heavy atom. The molecule has 2 heterocycles. The summed E-state index contributed by atoms with van der Waals surface area (Å²) in [6.07, 6.45) is 4.08. The lowest BCUT2D eigenvalue weighted by molar-refractivity contribution is 0.728. The maximum atomic E-state index is 6.13. The molecule has 2 aromatic rings. The molecule has 0 bridgehead atoms. The first-order valence-corrected chi connectivity index (χ1v) is 6.18. The van der Waals surface area contributed by atoms with Crippen LogP contribution in [0.5, 0.6) is 0 Å². The number of halogens is 1. The molecular formula is C11H12ClN3S. The zero-order chi connectivity index (χ0) is 11.5. The molecule has 0 spiro atoms. The molecule has 3 nitrogen and oxygen atoms in total. The molecule has 16 heavy (non-hydrogen) atoms. The van der Waals surface area contributed by atoms with E-state index < -0.39 is 0 Å². The summed E-state index contributed by atoms with van der Waals surface area (Å²) in [6.45, 7) is 1.97. The number of aryl methyl sites for hydroxylation is 1. The minimum Gasteiger partial charge on any atom is -0.323 e. The third kappa shape index (κ3) is 2.40. The SMILES string of the molecule is Cc1ncsc1C(N)Cc1ccncc1Cl. The number of pyridine rings is 1. The maximum absolute atomic E-state index is 6.13. The number of nitrogens with two attached hydrogens (primary N) is 1. The van der Waals surface area contributed by atoms with Crippen molar-refractivity contribution in [2.75, 3.05) is 0 Å². The van der Waals surface area contributed by atoms with E-state index in [4.69, 9.17) is 17.3 Å². The van der Waals surface area contributed by atoms with Gasteiger partial charge in [-0.15, -0.1) is 11.3 Å². The van der Waals surface area contributed by atoms with Crippen molar-refractivity contribution in [3.63, 3.8) is 0 Å². The number of hydrogen-bond acceptors (Lipinski definition) is 4. The Hall–Kier alpha value is -0.970. The molecule has 0 saturated heterocycles. The van der Waals surface area contributed by atoms with Crippen molar-refractivity contribution in [2.24, 2.45) is 5.73 Å². The number of nitrogens with zero attached hydrogens (tertiary/aromatic N) is 2. The Kier molecular flexibility index (Phi) is 3.53. The van der Waals surface area contributed by atoms with Crippen LogP contribution in [0.2, 0.25) is 5.02 Å². The van der Waals surface area contributed by atoms with Crippen molar-refractivity contribution in [3.8, 4) is 0 Å². The molecule has 0 aliphatic rings. The first kappa shape index (κ1) is 11.5. The largest absolute Gasteiger partial charge is 0.323 e. The van der Waals surface area contributed by atoms with E-state index in [1.54, 1.807) is 23.7 Å². The monoisotopic (exact) mass is 253 g/mol. The van der Waals surface area contributed by atoms with Gasteiger partial charge < -0.3 is 5.73 Å². The molecule has 0 aromatic carbocycles. The normalized spacial score (nSPS) is 12.7. The minimum absolute atomic E-state index is 0.0487. The minimum atomic E-state index is -0.0487. The highest BCUT2D eigenvalue weighted by molar-refractivity contribution is 7.09. The summed E-state index contributed by atoms with van der Waals surface area (Å²) in [6, 6.07) is 1.85. The van der Waals surface area contributed by atoms with Gasteiger partial charge in [0.2, 0.25) is 0 Å². The van der Waals surface area contributed by atoms with Gasteiger partial charge in [0.05, 0.1) is 16.2 Å². The number of aromatic nitrogens is 2. The van der Waals surface area contributed by atoms with Crippen molar-refractivity contribution in [3.05, 3.63) is 45.1 Å². The van der Waals surface area contributed by atoms with Crippen molar-refractivity contribution in [2.45, 2.75) is 19.4 Å². The van der Waals surface area contributed by atoms with Gasteiger partial charge in [0, 0.05) is 23.3 Å². The van der Waals surface area contributed by atoms with Crippen LogP contribution < -0.4 is 5.73 Å². The van der Waals surface area contributed by atoms with Crippen LogP contribution in [0.4, 0.5) is 0 Å². The summed E-state index contributed by atoms with van der Waals surface area (Å²) in [5.41, 5.74) is 9.98. The Morgan fingerprint density at radius 1 is 1.56 bits per heavy atom. The van der Waals surface area contributed by atoms with E-state index in [0.29, 0.717) is 11.4 Å². The number of hydrogen-bond donors (Lipinski definition) is 1. The van der Waals surface area contributed by atoms with E-state index >= 15 is 0 Å². The molecule has 84 valence electrons. The average molecular weight is 254 g/mol. The van der Waals surface area contributed by atoms with E-state index in [0.717, 1.165) is 16.1 Å². The topological polar surface area (TPSA) is 51.8 Å². The Morgan fingerprint density at radius 2 is 2.38 bits per heavy atom. The van der Waals surface area contributed by atoms with E-state index in [-0.39, 0.29) is 6.04 Å². The zero-order valence-corrected chi connectivity index (χ0v) is 10.4. The molecule has 2 aromatic heterocycles. The van der Waals surface area contributed by atoms with Gasteiger partial charge in [-0.1, -0.05) is 11.6 Å². The zero-order valence-electron chi connectivity index (χ0n) is 8.85. The van der Waals surface area contributed by atoms with Crippen LogP contribution in [0.15, 0.2) is 24.0 Å². The highest BCUT2D eigenvalue weighted by Gasteiger charge is 2.13. The highest BCUT2D eigenvalue weighted by atomic mass is 35.5. The quantitative estimate of drug-likeness (QED) is 0.915. The first-order chi connectivity index (χ1) is 7.68. The fourth-order valence-corrected chi connectivity index (χ4v) is 2.57. The van der Waals surface area contributed by atoms with Crippen LogP contribution in [-0.4, -0.2) is 9.97 Å². The van der Waals surface area contributed by atoms with Crippen LogP contribution in [-0.2, 0) is 6.42 Å². The van der Waals surface area contributed by atoms with E-state index in [2.05, 4.69) is 9.97 Å². The van der Waals surface area contributed by atoms with Gasteiger partial charge in [-0.2, -0.15) is 0 Å². The van der Waals surface area contributed by atoms with Crippen molar-refractivity contribution in [1.82, 2.24) is 9.97 Å². The first-order valence-electron chi connectivity index (χ1n) is 4.92. The van der Waals surface area contributed by atoms with Gasteiger partial charge in [0.25, 0.3) is 0 Å². The average Bonchev–Trinajstić information content (AvgIpc) is 2.68. The molecule has 2 rings (SSSR count). The second-order valence-corrected chi connectivity index (χ2v) is 4.87. The van der Waals surface area contributed by atoms with Crippen LogP contribution >= 0.6 is 22.9 Å². The molecule has 0 radical (unpaired) electrons. The smallest absolute Gasteiger partial charge is 0.0798 e. The van der Waals surface area contributed by atoms with Gasteiger partial charge in [-0.25, -0.2) is 4.98 Å². The standard InChI is InChI=1S/C11H12ClN3S/c1-7-11(16-6-15-7)10(13)4-8-2-3-14-5-9(8)12/h2-3,5-6,10H,4,13H2,1H3. The Labute approximate surface area is 103 Å². The molecule has 5 heteroatoms. The summed E-state index contributed by atoms with van der Waals surface area (Å²) in [7, 11) is 0. The highest BCUT2D eigenvalue weighted by Crippen LogP contribution is 2.25.